The molecule has 0 spiro atoms. The quantitative estimate of drug-likeness (QED) is 0.586. The van der Waals surface area contributed by atoms with Crippen LogP contribution in [0.1, 0.15) is 22.8 Å². The van der Waals surface area contributed by atoms with E-state index in [1.807, 2.05) is 38.1 Å². The lowest BCUT2D eigenvalue weighted by Crippen LogP contribution is -2.13. The van der Waals surface area contributed by atoms with Gasteiger partial charge in [-0.1, -0.05) is 47.1 Å². The lowest BCUT2D eigenvalue weighted by molar-refractivity contribution is 0.0942. The molecule has 0 aliphatic heterocycles. The zero-order valence-corrected chi connectivity index (χ0v) is 9.47. The number of carbonyl (C=O) groups excluding carboxylic acids is 1. The van der Waals surface area contributed by atoms with Gasteiger partial charge >= 0.3 is 0 Å². The van der Waals surface area contributed by atoms with Crippen LogP contribution in [0.4, 0.5) is 0 Å². The van der Waals surface area contributed by atoms with Crippen LogP contribution >= 0.6 is 15.9 Å². The van der Waals surface area contributed by atoms with E-state index in [-0.39, 0.29) is 11.7 Å². The van der Waals surface area contributed by atoms with Crippen molar-refractivity contribution in [1.29, 1.82) is 0 Å². The van der Waals surface area contributed by atoms with Gasteiger partial charge in [-0.3, -0.25) is 4.79 Å². The highest BCUT2D eigenvalue weighted by Gasteiger charge is 2.14. The Bertz CT molecular complexity index is 307. The minimum absolute atomic E-state index is 0.0566. The first-order valence-electron chi connectivity index (χ1n) is 4.32. The molecule has 0 amide bonds. The van der Waals surface area contributed by atoms with Crippen molar-refractivity contribution in [2.24, 2.45) is 5.92 Å². The fourth-order valence-electron chi connectivity index (χ4n) is 1.18. The highest BCUT2D eigenvalue weighted by molar-refractivity contribution is 9.09. The molecule has 13 heavy (non-hydrogen) atoms. The molecule has 0 N–H and O–H groups in total. The van der Waals surface area contributed by atoms with Crippen molar-refractivity contribution < 1.29 is 4.79 Å². The van der Waals surface area contributed by atoms with E-state index in [4.69, 9.17) is 0 Å². The largest absolute Gasteiger partial charge is 0.294 e. The van der Waals surface area contributed by atoms with Gasteiger partial charge in [0.05, 0.1) is 0 Å². The highest BCUT2D eigenvalue weighted by atomic mass is 79.9. The molecule has 1 rings (SSSR count). The predicted octanol–water partition coefficient (Wildman–Crippen LogP) is 3.21. The number of rotatable bonds is 3. The van der Waals surface area contributed by atoms with E-state index < -0.39 is 0 Å². The van der Waals surface area contributed by atoms with Gasteiger partial charge < -0.3 is 0 Å². The molecule has 70 valence electrons. The minimum atomic E-state index is 0.0566. The summed E-state index contributed by atoms with van der Waals surface area (Å²) in [6.45, 7) is 3.90. The average molecular weight is 241 g/mol. The molecule has 1 atom stereocenters. The molecular weight excluding hydrogens is 228 g/mol. The van der Waals surface area contributed by atoms with E-state index in [0.717, 1.165) is 16.5 Å². The number of halogens is 1. The van der Waals surface area contributed by atoms with E-state index in [1.54, 1.807) is 0 Å². The molecule has 0 heterocycles. The third kappa shape index (κ3) is 2.41. The van der Waals surface area contributed by atoms with Gasteiger partial charge in [0.1, 0.15) is 0 Å². The number of ketones is 1. The average Bonchev–Trinajstić information content (AvgIpc) is 2.16. The molecule has 0 fully saturated rings. The second-order valence-corrected chi connectivity index (χ2v) is 3.88. The van der Waals surface area contributed by atoms with E-state index in [9.17, 15) is 4.79 Å². The van der Waals surface area contributed by atoms with Gasteiger partial charge in [-0.25, -0.2) is 0 Å². The summed E-state index contributed by atoms with van der Waals surface area (Å²) >= 11 is 3.32. The topological polar surface area (TPSA) is 17.1 Å². The van der Waals surface area contributed by atoms with Gasteiger partial charge in [-0.15, -0.1) is 0 Å². The molecule has 0 aromatic heterocycles. The van der Waals surface area contributed by atoms with Crippen molar-refractivity contribution in [3.63, 3.8) is 0 Å². The first kappa shape index (κ1) is 10.5. The molecule has 0 bridgehead atoms. The van der Waals surface area contributed by atoms with Crippen molar-refractivity contribution in [2.75, 3.05) is 5.33 Å². The van der Waals surface area contributed by atoms with Crippen molar-refractivity contribution in [3.8, 4) is 0 Å². The van der Waals surface area contributed by atoms with E-state index >= 15 is 0 Å². The van der Waals surface area contributed by atoms with E-state index in [2.05, 4.69) is 15.9 Å². The summed E-state index contributed by atoms with van der Waals surface area (Å²) in [5, 5.41) is 0.722. The number of aryl methyl sites for hydroxylation is 1. The summed E-state index contributed by atoms with van der Waals surface area (Å²) in [4.78, 5) is 11.8. The van der Waals surface area contributed by atoms with Gasteiger partial charge in [0.15, 0.2) is 5.78 Å². The maximum atomic E-state index is 11.8. The van der Waals surface area contributed by atoms with Crippen LogP contribution in [0.5, 0.6) is 0 Å². The molecule has 0 aliphatic rings. The molecule has 0 saturated carbocycles. The Morgan fingerprint density at radius 1 is 1.46 bits per heavy atom. The summed E-state index contributed by atoms with van der Waals surface area (Å²) in [6.07, 6.45) is 0. The SMILES string of the molecule is Cc1ccccc1C(=O)C(C)CBr. The molecule has 0 radical (unpaired) electrons. The van der Waals surface area contributed by atoms with Gasteiger partial charge in [-0.2, -0.15) is 0 Å². The zero-order valence-electron chi connectivity index (χ0n) is 7.88. The van der Waals surface area contributed by atoms with Crippen molar-refractivity contribution in [2.45, 2.75) is 13.8 Å². The number of hydrogen-bond acceptors (Lipinski definition) is 1. The molecule has 2 heteroatoms. The first-order valence-corrected chi connectivity index (χ1v) is 5.44. The summed E-state index contributed by atoms with van der Waals surface area (Å²) in [6, 6.07) is 7.71. The zero-order chi connectivity index (χ0) is 9.84. The van der Waals surface area contributed by atoms with Crippen molar-refractivity contribution in [1.82, 2.24) is 0 Å². The fraction of sp³-hybridized carbons (Fsp3) is 0.364. The Hall–Kier alpha value is -0.630. The van der Waals surface area contributed by atoms with E-state index in [0.29, 0.717) is 0 Å². The third-order valence-electron chi connectivity index (χ3n) is 2.09. The van der Waals surface area contributed by atoms with Crippen LogP contribution < -0.4 is 0 Å². The second kappa shape index (κ2) is 4.56. The van der Waals surface area contributed by atoms with Crippen LogP contribution in [0.15, 0.2) is 24.3 Å². The summed E-state index contributed by atoms with van der Waals surface area (Å²) in [5.74, 6) is 0.274. The number of carbonyl (C=O) groups is 1. The highest BCUT2D eigenvalue weighted by Crippen LogP contribution is 2.14. The Morgan fingerprint density at radius 3 is 2.62 bits per heavy atom. The standard InChI is InChI=1S/C11H13BrO/c1-8-5-3-4-6-10(8)11(13)9(2)7-12/h3-6,9H,7H2,1-2H3. The van der Waals surface area contributed by atoms with Crippen LogP contribution in [-0.2, 0) is 0 Å². The molecule has 1 nitrogen and oxygen atoms in total. The summed E-state index contributed by atoms with van der Waals surface area (Å²) in [5.41, 5.74) is 1.90. The number of hydrogen-bond donors (Lipinski definition) is 0. The Labute approximate surface area is 87.3 Å². The third-order valence-corrected chi connectivity index (χ3v) is 3.06. The van der Waals surface area contributed by atoms with Gasteiger partial charge in [0.25, 0.3) is 0 Å². The lowest BCUT2D eigenvalue weighted by atomic mass is 9.97. The van der Waals surface area contributed by atoms with Gasteiger partial charge in [-0.05, 0) is 12.5 Å². The lowest BCUT2D eigenvalue weighted by Gasteiger charge is -2.08. The maximum Gasteiger partial charge on any atom is 0.166 e. The first-order chi connectivity index (χ1) is 6.16. The van der Waals surface area contributed by atoms with Crippen molar-refractivity contribution >= 4 is 21.7 Å². The molecule has 1 aromatic rings. The normalized spacial score (nSPS) is 12.5. The van der Waals surface area contributed by atoms with Crippen molar-refractivity contribution in [3.05, 3.63) is 35.4 Å². The Kier molecular flexibility index (Phi) is 3.67. The molecular formula is C11H13BrO. The van der Waals surface area contributed by atoms with Gasteiger partial charge in [0.2, 0.25) is 0 Å². The van der Waals surface area contributed by atoms with E-state index in [1.165, 1.54) is 0 Å². The molecule has 0 aliphatic carbocycles. The molecule has 1 aromatic carbocycles. The second-order valence-electron chi connectivity index (χ2n) is 3.23. The monoisotopic (exact) mass is 240 g/mol. The Morgan fingerprint density at radius 2 is 2.08 bits per heavy atom. The van der Waals surface area contributed by atoms with Crippen LogP contribution in [0.3, 0.4) is 0 Å². The summed E-state index contributed by atoms with van der Waals surface area (Å²) in [7, 11) is 0. The number of Topliss-reactive ketones (excluding diaryl/α,β-unsaturated/α-hetero) is 1. The van der Waals surface area contributed by atoms with Crippen LogP contribution in [0, 0.1) is 12.8 Å². The molecule has 1 unspecified atom stereocenters. The van der Waals surface area contributed by atoms with Gasteiger partial charge in [0, 0.05) is 16.8 Å². The number of alkyl halides is 1. The minimum Gasteiger partial charge on any atom is -0.294 e. The molecule has 0 saturated heterocycles. The van der Waals surface area contributed by atoms with Crippen LogP contribution in [0.25, 0.3) is 0 Å². The summed E-state index contributed by atoms with van der Waals surface area (Å²) < 4.78 is 0. The maximum absolute atomic E-state index is 11.8. The van der Waals surface area contributed by atoms with Crippen LogP contribution in [0.2, 0.25) is 0 Å². The van der Waals surface area contributed by atoms with Crippen LogP contribution in [-0.4, -0.2) is 11.1 Å². The smallest absolute Gasteiger partial charge is 0.166 e. The Balaban J connectivity index is 2.95. The fourth-order valence-corrected chi connectivity index (χ4v) is 1.48. The predicted molar refractivity (Wildman–Crippen MR) is 58.5 cm³/mol. The number of benzene rings is 1.